The van der Waals surface area contributed by atoms with Crippen molar-refractivity contribution in [3.8, 4) is 0 Å². The summed E-state index contributed by atoms with van der Waals surface area (Å²) in [5, 5.41) is 16.4. The molecule has 0 spiro atoms. The summed E-state index contributed by atoms with van der Waals surface area (Å²) in [7, 11) is 0. The molecule has 0 bridgehead atoms. The molecule has 32 heavy (non-hydrogen) atoms. The number of nitrogens with zero attached hydrogens (tertiary/aromatic N) is 1. The van der Waals surface area contributed by atoms with Gasteiger partial charge in [0.25, 0.3) is 0 Å². The van der Waals surface area contributed by atoms with E-state index >= 15 is 0 Å². The molecular weight excluding hydrogens is 424 g/mol. The Balaban J connectivity index is 5.33. The summed E-state index contributed by atoms with van der Waals surface area (Å²) in [5.41, 5.74) is 20.8. The number of primary amides is 1. The normalized spacial score (nSPS) is 13.4. The van der Waals surface area contributed by atoms with Gasteiger partial charge in [0.2, 0.25) is 23.6 Å². The van der Waals surface area contributed by atoms with Gasteiger partial charge in [0, 0.05) is 6.54 Å². The molecule has 0 heterocycles. The fraction of sp³-hybridized carbons (Fsp3) is 0.667. The summed E-state index contributed by atoms with van der Waals surface area (Å²) < 4.78 is 0. The number of carboxylic acid groups (broad SMARTS) is 1. The predicted molar refractivity (Wildman–Crippen MR) is 116 cm³/mol. The molecule has 14 nitrogen and oxygen atoms in total. The fourth-order valence-corrected chi connectivity index (χ4v) is 2.67. The van der Waals surface area contributed by atoms with Crippen LogP contribution in [-0.4, -0.2) is 71.9 Å². The lowest BCUT2D eigenvalue weighted by molar-refractivity contribution is -0.142. The van der Waals surface area contributed by atoms with E-state index < -0.39 is 54.1 Å². The van der Waals surface area contributed by atoms with E-state index in [4.69, 9.17) is 22.9 Å². The maximum Gasteiger partial charge on any atom is 0.326 e. The third-order valence-corrected chi connectivity index (χ3v) is 4.14. The average Bonchev–Trinajstić information content (AvgIpc) is 2.67. The van der Waals surface area contributed by atoms with Gasteiger partial charge < -0.3 is 44.0 Å². The number of rotatable bonds is 15. The van der Waals surface area contributed by atoms with Crippen LogP contribution in [0.5, 0.6) is 0 Å². The first-order valence-corrected chi connectivity index (χ1v) is 10.0. The van der Waals surface area contributed by atoms with Gasteiger partial charge in [0.15, 0.2) is 5.96 Å². The zero-order chi connectivity index (χ0) is 24.8. The molecule has 0 radical (unpaired) electrons. The van der Waals surface area contributed by atoms with Crippen molar-refractivity contribution in [1.82, 2.24) is 16.0 Å². The van der Waals surface area contributed by atoms with Crippen LogP contribution in [0.2, 0.25) is 0 Å². The smallest absolute Gasteiger partial charge is 0.326 e. The van der Waals surface area contributed by atoms with Crippen molar-refractivity contribution < 1.29 is 29.1 Å². The van der Waals surface area contributed by atoms with Crippen LogP contribution in [0.1, 0.15) is 39.5 Å². The maximum absolute atomic E-state index is 12.7. The molecule has 0 aliphatic carbocycles. The van der Waals surface area contributed by atoms with E-state index in [2.05, 4.69) is 20.9 Å². The van der Waals surface area contributed by atoms with E-state index in [1.165, 1.54) is 0 Å². The number of nitrogens with one attached hydrogen (secondary N) is 3. The first-order chi connectivity index (χ1) is 14.9. The summed E-state index contributed by atoms with van der Waals surface area (Å²) in [6, 6.07) is -3.76. The van der Waals surface area contributed by atoms with Crippen molar-refractivity contribution in [2.45, 2.75) is 57.7 Å². The fourth-order valence-electron chi connectivity index (χ4n) is 2.67. The van der Waals surface area contributed by atoms with Gasteiger partial charge in [-0.3, -0.25) is 24.2 Å². The van der Waals surface area contributed by atoms with E-state index in [9.17, 15) is 29.1 Å². The van der Waals surface area contributed by atoms with E-state index in [0.717, 1.165) is 0 Å². The maximum atomic E-state index is 12.7. The highest BCUT2D eigenvalue weighted by Gasteiger charge is 2.30. The summed E-state index contributed by atoms with van der Waals surface area (Å²) in [5.74, 6) is -4.58. The van der Waals surface area contributed by atoms with Crippen molar-refractivity contribution in [1.29, 1.82) is 0 Å². The lowest BCUT2D eigenvalue weighted by atomic mass is 10.0. The second kappa shape index (κ2) is 14.6. The third kappa shape index (κ3) is 12.3. The Hall–Kier alpha value is -3.42. The molecule has 0 aliphatic heterocycles. The molecular formula is C18H34N8O6. The van der Waals surface area contributed by atoms with Crippen LogP contribution in [0.15, 0.2) is 4.99 Å². The number of carbonyl (C=O) groups is 5. The van der Waals surface area contributed by atoms with Crippen molar-refractivity contribution in [3.05, 3.63) is 0 Å². The van der Waals surface area contributed by atoms with Gasteiger partial charge in [0.05, 0.1) is 13.0 Å². The third-order valence-electron chi connectivity index (χ3n) is 4.14. The summed E-state index contributed by atoms with van der Waals surface area (Å²) in [6.45, 7) is 3.46. The quantitative estimate of drug-likeness (QED) is 0.0685. The van der Waals surface area contributed by atoms with Gasteiger partial charge in [0.1, 0.15) is 18.1 Å². The summed E-state index contributed by atoms with van der Waals surface area (Å²) >= 11 is 0. The highest BCUT2D eigenvalue weighted by molar-refractivity contribution is 5.95. The van der Waals surface area contributed by atoms with E-state index in [1.807, 2.05) is 13.8 Å². The van der Waals surface area contributed by atoms with Crippen molar-refractivity contribution >= 4 is 35.6 Å². The number of carboxylic acids is 1. The topological polar surface area (TPSA) is 258 Å². The van der Waals surface area contributed by atoms with Crippen LogP contribution < -0.4 is 38.9 Å². The van der Waals surface area contributed by atoms with Crippen LogP contribution >= 0.6 is 0 Å². The number of hydrogen-bond acceptors (Lipinski definition) is 7. The first-order valence-electron chi connectivity index (χ1n) is 10.0. The predicted octanol–water partition coefficient (Wildman–Crippen LogP) is -3.54. The van der Waals surface area contributed by atoms with E-state index in [-0.39, 0.29) is 44.2 Å². The van der Waals surface area contributed by atoms with Crippen LogP contribution in [0, 0.1) is 5.92 Å². The number of guanidine groups is 1. The molecule has 0 rings (SSSR count). The second-order valence-electron chi connectivity index (χ2n) is 7.53. The Labute approximate surface area is 185 Å². The van der Waals surface area contributed by atoms with E-state index in [1.54, 1.807) is 0 Å². The summed E-state index contributed by atoms with van der Waals surface area (Å²) in [6.07, 6.45) is -0.0800. The monoisotopic (exact) mass is 458 g/mol. The molecule has 0 aromatic heterocycles. The minimum absolute atomic E-state index is 0.00236. The number of amides is 4. The molecule has 0 saturated heterocycles. The lowest BCUT2D eigenvalue weighted by Gasteiger charge is -2.24. The van der Waals surface area contributed by atoms with E-state index in [0.29, 0.717) is 0 Å². The molecule has 3 atom stereocenters. The largest absolute Gasteiger partial charge is 0.480 e. The molecule has 0 aliphatic rings. The van der Waals surface area contributed by atoms with Gasteiger partial charge >= 0.3 is 5.97 Å². The van der Waals surface area contributed by atoms with Crippen LogP contribution in [0.4, 0.5) is 0 Å². The van der Waals surface area contributed by atoms with Crippen LogP contribution in [0.3, 0.4) is 0 Å². The lowest BCUT2D eigenvalue weighted by Crippen LogP contribution is -2.57. The van der Waals surface area contributed by atoms with Crippen LogP contribution in [-0.2, 0) is 24.0 Å². The van der Waals surface area contributed by atoms with Gasteiger partial charge in [-0.2, -0.15) is 0 Å². The van der Waals surface area contributed by atoms with Crippen molar-refractivity contribution in [2.75, 3.05) is 13.1 Å². The van der Waals surface area contributed by atoms with Gasteiger partial charge in [-0.15, -0.1) is 0 Å². The highest BCUT2D eigenvalue weighted by atomic mass is 16.4. The van der Waals surface area contributed by atoms with Gasteiger partial charge in [-0.05, 0) is 25.2 Å². The number of carbonyl (C=O) groups excluding carboxylic acids is 4. The molecule has 3 unspecified atom stereocenters. The zero-order valence-corrected chi connectivity index (χ0v) is 18.3. The molecule has 14 heteroatoms. The zero-order valence-electron chi connectivity index (χ0n) is 18.3. The minimum atomic E-state index is -1.44. The molecule has 0 aromatic rings. The molecule has 0 aromatic carbocycles. The van der Waals surface area contributed by atoms with Crippen molar-refractivity contribution in [3.63, 3.8) is 0 Å². The Kier molecular flexibility index (Phi) is 13.0. The average molecular weight is 459 g/mol. The van der Waals surface area contributed by atoms with Crippen LogP contribution in [0.25, 0.3) is 0 Å². The SMILES string of the molecule is CC(C)CC(NC(=O)CN)C(=O)NC(CC(N)=O)C(=O)NC(CCCN=C(N)N)C(=O)O. The number of hydrogen-bond donors (Lipinski definition) is 8. The van der Waals surface area contributed by atoms with Gasteiger partial charge in [-0.1, -0.05) is 13.8 Å². The minimum Gasteiger partial charge on any atom is -0.480 e. The molecule has 4 amide bonds. The standard InChI is InChI=1S/C18H34N8O6/c1-9(2)6-11(24-14(28)8-19)15(29)26-12(7-13(20)27)16(30)25-10(17(31)32)4-3-5-23-18(21)22/h9-12H,3-8,19H2,1-2H3,(H2,20,27)(H,24,28)(H,25,30)(H,26,29)(H,31,32)(H4,21,22,23). The Morgan fingerprint density at radius 3 is 1.94 bits per heavy atom. The van der Waals surface area contributed by atoms with Crippen molar-refractivity contribution in [2.24, 2.45) is 33.8 Å². The Bertz CT molecular complexity index is 708. The second-order valence-corrected chi connectivity index (χ2v) is 7.53. The van der Waals surface area contributed by atoms with Gasteiger partial charge in [-0.25, -0.2) is 4.79 Å². The highest BCUT2D eigenvalue weighted by Crippen LogP contribution is 2.07. The molecule has 0 fully saturated rings. The summed E-state index contributed by atoms with van der Waals surface area (Å²) in [4.78, 5) is 63.5. The molecule has 182 valence electrons. The number of aliphatic imine (C=N–C) groups is 1. The first kappa shape index (κ1) is 28.6. The number of aliphatic carboxylic acids is 1. The Morgan fingerprint density at radius 2 is 1.47 bits per heavy atom. The number of nitrogens with two attached hydrogens (primary N) is 4. The molecule has 12 N–H and O–H groups in total. The molecule has 0 saturated carbocycles. The Morgan fingerprint density at radius 1 is 0.906 bits per heavy atom.